The molecule has 0 N–H and O–H groups in total. The molecule has 2 aromatic rings. The van der Waals surface area contributed by atoms with Crippen molar-refractivity contribution in [3.8, 4) is 0 Å². The largest absolute Gasteiger partial charge is 0.0622 e. The van der Waals surface area contributed by atoms with Crippen LogP contribution in [0, 0.1) is 26.8 Å². The van der Waals surface area contributed by atoms with Crippen LogP contribution in [0.3, 0.4) is 0 Å². The Balaban J connectivity index is 2.34. The summed E-state index contributed by atoms with van der Waals surface area (Å²) < 4.78 is 0. The van der Waals surface area contributed by atoms with Gasteiger partial charge in [0.25, 0.3) is 0 Å². The van der Waals surface area contributed by atoms with Crippen LogP contribution in [0.25, 0.3) is 6.08 Å². The highest BCUT2D eigenvalue weighted by atomic mass is 14.0. The maximum Gasteiger partial charge on any atom is -0.00937 e. The van der Waals surface area contributed by atoms with E-state index in [-0.39, 0.29) is 0 Å². The molecule has 85 valence electrons. The maximum atomic E-state index is 3.40. The van der Waals surface area contributed by atoms with Gasteiger partial charge >= 0.3 is 0 Å². The zero-order chi connectivity index (χ0) is 12.3. The lowest BCUT2D eigenvalue weighted by molar-refractivity contribution is 1.28. The Hall–Kier alpha value is -1.82. The van der Waals surface area contributed by atoms with Crippen molar-refractivity contribution in [2.24, 2.45) is 0 Å². The highest BCUT2D eigenvalue weighted by Crippen LogP contribution is 2.17. The fourth-order valence-corrected chi connectivity index (χ4v) is 2.11. The molecule has 0 atom stereocenters. The Morgan fingerprint density at radius 2 is 1.47 bits per heavy atom. The van der Waals surface area contributed by atoms with E-state index in [1.165, 1.54) is 27.8 Å². The van der Waals surface area contributed by atoms with Crippen LogP contribution in [0.1, 0.15) is 27.8 Å². The molecule has 2 rings (SSSR count). The van der Waals surface area contributed by atoms with Crippen molar-refractivity contribution in [3.05, 3.63) is 76.4 Å². The van der Waals surface area contributed by atoms with Crippen LogP contribution >= 0.6 is 0 Å². The summed E-state index contributed by atoms with van der Waals surface area (Å²) in [4.78, 5) is 0. The van der Waals surface area contributed by atoms with Gasteiger partial charge in [-0.2, -0.15) is 0 Å². The van der Waals surface area contributed by atoms with E-state index in [1.807, 2.05) is 24.3 Å². The highest BCUT2D eigenvalue weighted by Gasteiger charge is 2.00. The van der Waals surface area contributed by atoms with Crippen LogP contribution in [0.15, 0.2) is 42.5 Å². The quantitative estimate of drug-likeness (QED) is 0.656. The lowest BCUT2D eigenvalue weighted by Crippen LogP contribution is -1.89. The van der Waals surface area contributed by atoms with E-state index >= 15 is 0 Å². The lowest BCUT2D eigenvalue weighted by atomic mass is 9.99. The predicted molar refractivity (Wildman–Crippen MR) is 73.9 cm³/mol. The Morgan fingerprint density at radius 1 is 0.882 bits per heavy atom. The molecule has 0 amide bonds. The van der Waals surface area contributed by atoms with Gasteiger partial charge in [0.1, 0.15) is 0 Å². The molecule has 17 heavy (non-hydrogen) atoms. The maximum absolute atomic E-state index is 3.40. The van der Waals surface area contributed by atoms with Crippen LogP contribution in [0.2, 0.25) is 0 Å². The van der Waals surface area contributed by atoms with Gasteiger partial charge in [-0.3, -0.25) is 0 Å². The minimum atomic E-state index is 1.19. The van der Waals surface area contributed by atoms with Gasteiger partial charge in [0.15, 0.2) is 0 Å². The van der Waals surface area contributed by atoms with E-state index in [4.69, 9.17) is 0 Å². The van der Waals surface area contributed by atoms with E-state index in [0.717, 1.165) is 0 Å². The van der Waals surface area contributed by atoms with Gasteiger partial charge < -0.3 is 0 Å². The molecule has 0 saturated heterocycles. The molecule has 0 saturated carbocycles. The monoisotopic (exact) mass is 221 g/mol. The topological polar surface area (TPSA) is 0 Å². The Kier molecular flexibility index (Phi) is 3.43. The van der Waals surface area contributed by atoms with Crippen molar-refractivity contribution in [2.75, 3.05) is 0 Å². The van der Waals surface area contributed by atoms with Gasteiger partial charge in [0, 0.05) is 0 Å². The Morgan fingerprint density at radius 3 is 2.06 bits per heavy atom. The normalized spacial score (nSPS) is 11.0. The van der Waals surface area contributed by atoms with E-state index < -0.39 is 0 Å². The average molecular weight is 221 g/mol. The summed E-state index contributed by atoms with van der Waals surface area (Å²) in [6.45, 7) is 6.41. The molecule has 2 aromatic carbocycles. The summed E-state index contributed by atoms with van der Waals surface area (Å²) >= 11 is 0. The molecule has 0 spiro atoms. The molecular weight excluding hydrogens is 204 g/mol. The first-order valence-electron chi connectivity index (χ1n) is 5.89. The van der Waals surface area contributed by atoms with E-state index in [2.05, 4.69) is 51.1 Å². The van der Waals surface area contributed by atoms with Gasteiger partial charge in [-0.05, 0) is 55.2 Å². The molecule has 0 heteroatoms. The minimum Gasteiger partial charge on any atom is -0.0622 e. The molecule has 0 aliphatic heterocycles. The predicted octanol–water partition coefficient (Wildman–Crippen LogP) is 4.48. The van der Waals surface area contributed by atoms with Crippen LogP contribution in [0.4, 0.5) is 0 Å². The highest BCUT2D eigenvalue weighted by molar-refractivity contribution is 5.53. The van der Waals surface area contributed by atoms with E-state index in [0.29, 0.717) is 0 Å². The van der Waals surface area contributed by atoms with Crippen molar-refractivity contribution in [3.63, 3.8) is 0 Å². The Labute approximate surface area is 104 Å². The van der Waals surface area contributed by atoms with Crippen LogP contribution in [-0.4, -0.2) is 0 Å². The summed E-state index contributed by atoms with van der Waals surface area (Å²) in [6, 6.07) is 14.7. The van der Waals surface area contributed by atoms with Gasteiger partial charge in [-0.1, -0.05) is 48.0 Å². The summed E-state index contributed by atoms with van der Waals surface area (Å²) in [5, 5.41) is 0. The first kappa shape index (κ1) is 11.7. The summed E-state index contributed by atoms with van der Waals surface area (Å²) in [7, 11) is 0. The van der Waals surface area contributed by atoms with Crippen LogP contribution < -0.4 is 0 Å². The van der Waals surface area contributed by atoms with E-state index in [1.54, 1.807) is 0 Å². The smallest absolute Gasteiger partial charge is 0.00937 e. The first-order chi connectivity index (χ1) is 8.16. The summed E-state index contributed by atoms with van der Waals surface area (Å²) in [5.41, 5.74) is 6.28. The van der Waals surface area contributed by atoms with Crippen molar-refractivity contribution in [1.29, 1.82) is 0 Å². The van der Waals surface area contributed by atoms with Gasteiger partial charge in [0.2, 0.25) is 0 Å². The molecule has 1 radical (unpaired) electrons. The molecule has 0 aliphatic rings. The minimum absolute atomic E-state index is 1.19. The van der Waals surface area contributed by atoms with Crippen molar-refractivity contribution in [1.82, 2.24) is 0 Å². The number of rotatable bonds is 2. The molecule has 0 fully saturated rings. The second-order valence-electron chi connectivity index (χ2n) is 4.47. The molecule has 0 heterocycles. The molecule has 0 unspecified atom stereocenters. The number of aryl methyl sites for hydroxylation is 3. The molecule has 0 nitrogen and oxygen atoms in total. The van der Waals surface area contributed by atoms with Crippen LogP contribution in [-0.2, 0) is 0 Å². The Bertz CT molecular complexity index is 510. The molecular formula is C17H17. The van der Waals surface area contributed by atoms with E-state index in [9.17, 15) is 0 Å². The average Bonchev–Trinajstić information content (AvgIpc) is 2.29. The van der Waals surface area contributed by atoms with Crippen molar-refractivity contribution >= 4 is 6.08 Å². The summed E-state index contributed by atoms with van der Waals surface area (Å²) in [5.74, 6) is 0. The number of benzene rings is 2. The lowest BCUT2D eigenvalue weighted by Gasteiger charge is -2.06. The third-order valence-corrected chi connectivity index (χ3v) is 2.86. The van der Waals surface area contributed by atoms with Gasteiger partial charge in [-0.15, -0.1) is 0 Å². The molecule has 0 aromatic heterocycles. The fourth-order valence-electron chi connectivity index (χ4n) is 2.11. The third kappa shape index (κ3) is 2.85. The van der Waals surface area contributed by atoms with Crippen molar-refractivity contribution < 1.29 is 0 Å². The van der Waals surface area contributed by atoms with Crippen LogP contribution in [0.5, 0.6) is 0 Å². The van der Waals surface area contributed by atoms with Gasteiger partial charge in [0.05, 0.1) is 0 Å². The second kappa shape index (κ2) is 5.01. The second-order valence-corrected chi connectivity index (χ2v) is 4.47. The van der Waals surface area contributed by atoms with Crippen molar-refractivity contribution in [2.45, 2.75) is 20.8 Å². The standard InChI is InChI=1S/C17H17/c1-13-11-14(2)17(15(3)12-13)10-9-16-7-5-4-6-8-16/h4-9,11-12H,1-3H3. The third-order valence-electron chi connectivity index (χ3n) is 2.86. The zero-order valence-corrected chi connectivity index (χ0v) is 10.6. The summed E-state index contributed by atoms with van der Waals surface area (Å²) in [6.07, 6.45) is 5.45. The molecule has 0 bridgehead atoms. The number of hydrogen-bond donors (Lipinski definition) is 0. The van der Waals surface area contributed by atoms with Gasteiger partial charge in [-0.25, -0.2) is 0 Å². The zero-order valence-electron chi connectivity index (χ0n) is 10.6. The first-order valence-corrected chi connectivity index (χ1v) is 5.89. The fraction of sp³-hybridized carbons (Fsp3) is 0.176. The molecule has 0 aliphatic carbocycles. The number of hydrogen-bond acceptors (Lipinski definition) is 0. The SMILES string of the molecule is Cc1cc(C)c([C]=Cc2ccccc2)c(C)c1.